The van der Waals surface area contributed by atoms with Gasteiger partial charge < -0.3 is 4.74 Å². The second kappa shape index (κ2) is 7.83. The maximum absolute atomic E-state index is 12.2. The Morgan fingerprint density at radius 3 is 2.69 bits per heavy atom. The summed E-state index contributed by atoms with van der Waals surface area (Å²) in [5.74, 6) is 1.51. The van der Waals surface area contributed by atoms with Gasteiger partial charge in [-0.15, -0.1) is 0 Å². The number of benzene rings is 1. The fourth-order valence-corrected chi connectivity index (χ4v) is 5.02. The highest BCUT2D eigenvalue weighted by Crippen LogP contribution is 2.48. The number of cyclic esters (lactones) is 1. The monoisotopic (exact) mass is 386 g/mol. The summed E-state index contributed by atoms with van der Waals surface area (Å²) in [6.07, 6.45) is 6.99. The van der Waals surface area contributed by atoms with E-state index >= 15 is 0 Å². The van der Waals surface area contributed by atoms with Gasteiger partial charge in [0.15, 0.2) is 0 Å². The Morgan fingerprint density at radius 2 is 1.97 bits per heavy atom. The Hall–Kier alpha value is -2.93. The van der Waals surface area contributed by atoms with Gasteiger partial charge in [0.2, 0.25) is 0 Å². The molecule has 4 heteroatoms. The minimum absolute atomic E-state index is 0.0173. The van der Waals surface area contributed by atoms with E-state index in [0.717, 1.165) is 23.2 Å². The van der Waals surface area contributed by atoms with Gasteiger partial charge >= 0.3 is 5.97 Å². The fraction of sp³-hybridized carbons (Fsp3) is 0.400. The molecule has 6 atom stereocenters. The molecule has 1 saturated heterocycles. The molecule has 1 aromatic carbocycles. The van der Waals surface area contributed by atoms with Gasteiger partial charge in [0.05, 0.1) is 23.2 Å². The number of rotatable bonds is 3. The molecule has 29 heavy (non-hydrogen) atoms. The average molecular weight is 386 g/mol. The number of pyridine rings is 1. The quantitative estimate of drug-likeness (QED) is 0.688. The largest absolute Gasteiger partial charge is 0.462 e. The topological polar surface area (TPSA) is 63.0 Å². The van der Waals surface area contributed by atoms with Crippen molar-refractivity contribution < 1.29 is 9.53 Å². The van der Waals surface area contributed by atoms with E-state index in [2.05, 4.69) is 37.1 Å². The predicted molar refractivity (Wildman–Crippen MR) is 112 cm³/mol. The van der Waals surface area contributed by atoms with Gasteiger partial charge in [0, 0.05) is 23.2 Å². The smallest absolute Gasteiger partial charge is 0.309 e. The van der Waals surface area contributed by atoms with E-state index < -0.39 is 0 Å². The van der Waals surface area contributed by atoms with Gasteiger partial charge in [-0.3, -0.25) is 9.78 Å². The van der Waals surface area contributed by atoms with E-state index in [1.165, 1.54) is 0 Å². The van der Waals surface area contributed by atoms with Gasteiger partial charge in [-0.2, -0.15) is 5.26 Å². The second-order valence-corrected chi connectivity index (χ2v) is 8.46. The molecular weight excluding hydrogens is 360 g/mol. The van der Waals surface area contributed by atoms with Gasteiger partial charge in [-0.05, 0) is 49.3 Å². The minimum Gasteiger partial charge on any atom is -0.462 e. The minimum atomic E-state index is -0.0325. The summed E-state index contributed by atoms with van der Waals surface area (Å²) in [5.41, 5.74) is 3.35. The molecule has 0 spiro atoms. The summed E-state index contributed by atoms with van der Waals surface area (Å²) in [6.45, 7) is 6.53. The first-order valence-corrected chi connectivity index (χ1v) is 10.3. The molecule has 2 fully saturated rings. The maximum atomic E-state index is 12.2. The Labute approximate surface area is 172 Å². The lowest BCUT2D eigenvalue weighted by molar-refractivity contribution is -0.144. The molecule has 2 aromatic rings. The maximum Gasteiger partial charge on any atom is 0.309 e. The molecular formula is C25H26N2O2. The SMILES string of the molecule is CC1CC2C(=O)OC(C)C2C(/C=C/c2ccc(-c3ccccc3C#N)cn2)C1C. The van der Waals surface area contributed by atoms with Crippen LogP contribution in [0.2, 0.25) is 0 Å². The van der Waals surface area contributed by atoms with Crippen molar-refractivity contribution in [2.75, 3.05) is 0 Å². The number of nitrogens with zero attached hydrogens (tertiary/aromatic N) is 2. The highest BCUT2D eigenvalue weighted by Gasteiger charge is 2.51. The van der Waals surface area contributed by atoms with Gasteiger partial charge in [-0.25, -0.2) is 0 Å². The summed E-state index contributed by atoms with van der Waals surface area (Å²) < 4.78 is 5.56. The summed E-state index contributed by atoms with van der Waals surface area (Å²) in [5, 5.41) is 9.31. The molecule has 6 unspecified atom stereocenters. The summed E-state index contributed by atoms with van der Waals surface area (Å²) in [6, 6.07) is 13.8. The summed E-state index contributed by atoms with van der Waals surface area (Å²) in [7, 11) is 0. The van der Waals surface area contributed by atoms with Crippen LogP contribution in [-0.2, 0) is 9.53 Å². The van der Waals surface area contributed by atoms with Crippen LogP contribution >= 0.6 is 0 Å². The predicted octanol–water partition coefficient (Wildman–Crippen LogP) is 5.10. The van der Waals surface area contributed by atoms with Crippen molar-refractivity contribution in [3.8, 4) is 17.2 Å². The summed E-state index contributed by atoms with van der Waals surface area (Å²) >= 11 is 0. The number of hydrogen-bond acceptors (Lipinski definition) is 4. The van der Waals surface area contributed by atoms with E-state index in [-0.39, 0.29) is 23.9 Å². The fourth-order valence-electron chi connectivity index (χ4n) is 5.02. The standard InChI is InChI=1S/C25H26N2O2/c1-15-12-23-24(17(3)29-25(23)28)21(16(15)2)11-10-20-9-8-19(14-27-20)22-7-5-4-6-18(22)13-26/h4-11,14-17,21,23-24H,12H2,1-3H3/b11-10+. The molecule has 0 bridgehead atoms. The Balaban J connectivity index is 1.57. The lowest BCUT2D eigenvalue weighted by atomic mass is 9.62. The average Bonchev–Trinajstić information content (AvgIpc) is 3.01. The van der Waals surface area contributed by atoms with Gasteiger partial charge in [-0.1, -0.05) is 44.2 Å². The van der Waals surface area contributed by atoms with E-state index in [1.807, 2.05) is 49.5 Å². The first kappa shape index (κ1) is 19.4. The zero-order valence-corrected chi connectivity index (χ0v) is 17.1. The van der Waals surface area contributed by atoms with E-state index in [0.29, 0.717) is 23.3 Å². The lowest BCUT2D eigenvalue weighted by Gasteiger charge is -2.40. The van der Waals surface area contributed by atoms with Crippen LogP contribution in [0.5, 0.6) is 0 Å². The van der Waals surface area contributed by atoms with Crippen LogP contribution in [0, 0.1) is 40.9 Å². The Morgan fingerprint density at radius 1 is 1.17 bits per heavy atom. The molecule has 4 rings (SSSR count). The molecule has 0 N–H and O–H groups in total. The van der Waals surface area contributed by atoms with Crippen LogP contribution in [0.3, 0.4) is 0 Å². The molecule has 148 valence electrons. The van der Waals surface area contributed by atoms with Crippen LogP contribution in [0.25, 0.3) is 17.2 Å². The van der Waals surface area contributed by atoms with Crippen molar-refractivity contribution >= 4 is 12.0 Å². The third-order valence-corrected chi connectivity index (χ3v) is 6.82. The number of fused-ring (bicyclic) bond motifs is 1. The summed E-state index contributed by atoms with van der Waals surface area (Å²) in [4.78, 5) is 16.8. The normalized spacial score (nSPS) is 31.3. The molecule has 0 radical (unpaired) electrons. The lowest BCUT2D eigenvalue weighted by Crippen LogP contribution is -2.39. The molecule has 0 amide bonds. The second-order valence-electron chi connectivity index (χ2n) is 8.46. The van der Waals surface area contributed by atoms with Crippen LogP contribution in [0.1, 0.15) is 38.4 Å². The molecule has 1 saturated carbocycles. The van der Waals surface area contributed by atoms with E-state index in [4.69, 9.17) is 4.74 Å². The number of aromatic nitrogens is 1. The molecule has 4 nitrogen and oxygen atoms in total. The molecule has 2 heterocycles. The number of nitriles is 1. The first-order chi connectivity index (χ1) is 14.0. The molecule has 1 aromatic heterocycles. The van der Waals surface area contributed by atoms with Crippen molar-refractivity contribution in [2.45, 2.75) is 33.3 Å². The third-order valence-electron chi connectivity index (χ3n) is 6.82. The molecule has 1 aliphatic heterocycles. The highest BCUT2D eigenvalue weighted by atomic mass is 16.6. The highest BCUT2D eigenvalue weighted by molar-refractivity contribution is 5.75. The van der Waals surface area contributed by atoms with E-state index in [1.54, 1.807) is 0 Å². The van der Waals surface area contributed by atoms with Crippen LogP contribution in [0.15, 0.2) is 48.7 Å². The Kier molecular flexibility index (Phi) is 5.24. The van der Waals surface area contributed by atoms with Crippen molar-refractivity contribution in [3.05, 3.63) is 59.9 Å². The zero-order chi connectivity index (χ0) is 20.5. The molecule has 1 aliphatic carbocycles. The van der Waals surface area contributed by atoms with Crippen molar-refractivity contribution in [2.24, 2.45) is 29.6 Å². The van der Waals surface area contributed by atoms with Crippen LogP contribution in [0.4, 0.5) is 0 Å². The van der Waals surface area contributed by atoms with Crippen LogP contribution < -0.4 is 0 Å². The number of carbonyl (C=O) groups excluding carboxylic acids is 1. The first-order valence-electron chi connectivity index (χ1n) is 10.3. The Bertz CT molecular complexity index is 973. The molecule has 2 aliphatic rings. The zero-order valence-electron chi connectivity index (χ0n) is 17.1. The van der Waals surface area contributed by atoms with Gasteiger partial charge in [0.25, 0.3) is 0 Å². The van der Waals surface area contributed by atoms with E-state index in [9.17, 15) is 10.1 Å². The number of carbonyl (C=O) groups is 1. The number of allylic oxidation sites excluding steroid dienone is 1. The number of hydrogen-bond donors (Lipinski definition) is 0. The third kappa shape index (κ3) is 3.58. The van der Waals surface area contributed by atoms with Crippen LogP contribution in [-0.4, -0.2) is 17.1 Å². The van der Waals surface area contributed by atoms with Gasteiger partial charge in [0.1, 0.15) is 6.10 Å². The number of ether oxygens (including phenoxy) is 1. The van der Waals surface area contributed by atoms with Crippen molar-refractivity contribution in [1.29, 1.82) is 5.26 Å². The number of esters is 1. The van der Waals surface area contributed by atoms with Crippen molar-refractivity contribution in [3.63, 3.8) is 0 Å². The van der Waals surface area contributed by atoms with Crippen molar-refractivity contribution in [1.82, 2.24) is 4.98 Å².